The topological polar surface area (TPSA) is 66.8 Å². The first kappa shape index (κ1) is 18.7. The zero-order chi connectivity index (χ0) is 18.4. The summed E-state index contributed by atoms with van der Waals surface area (Å²) in [4.78, 5) is 0.314. The van der Waals surface area contributed by atoms with Gasteiger partial charge in [0.05, 0.1) is 17.6 Å². The van der Waals surface area contributed by atoms with Crippen LogP contribution in [-0.2, 0) is 10.0 Å². The molecule has 1 N–H and O–H groups in total. The van der Waals surface area contributed by atoms with Gasteiger partial charge in [0.1, 0.15) is 5.75 Å². The summed E-state index contributed by atoms with van der Waals surface area (Å²) in [7, 11) is -2.04. The molecule has 3 rings (SSSR count). The van der Waals surface area contributed by atoms with Crippen molar-refractivity contribution >= 4 is 10.0 Å². The van der Waals surface area contributed by atoms with Gasteiger partial charge in [-0.2, -0.15) is 4.31 Å². The fourth-order valence-electron chi connectivity index (χ4n) is 4.67. The van der Waals surface area contributed by atoms with Crippen molar-refractivity contribution in [3.63, 3.8) is 0 Å². The second kappa shape index (κ2) is 6.56. The lowest BCUT2D eigenvalue weighted by Gasteiger charge is -2.40. The van der Waals surface area contributed by atoms with Crippen molar-refractivity contribution in [2.75, 3.05) is 20.2 Å². The first-order valence-electron chi connectivity index (χ1n) is 9.10. The molecule has 2 fully saturated rings. The molecule has 1 saturated carbocycles. The van der Waals surface area contributed by atoms with Crippen LogP contribution in [0.3, 0.4) is 0 Å². The molecule has 140 valence electrons. The summed E-state index contributed by atoms with van der Waals surface area (Å²) in [6.45, 7) is 6.64. The molecular formula is C19H29NO4S. The number of aliphatic hydroxyl groups is 1. The van der Waals surface area contributed by atoms with E-state index in [-0.39, 0.29) is 11.8 Å². The molecule has 25 heavy (non-hydrogen) atoms. The van der Waals surface area contributed by atoms with Crippen LogP contribution >= 0.6 is 0 Å². The molecule has 2 aliphatic rings. The fourth-order valence-corrected chi connectivity index (χ4v) is 6.42. The van der Waals surface area contributed by atoms with Crippen LogP contribution < -0.4 is 4.74 Å². The molecule has 0 aromatic heterocycles. The minimum Gasteiger partial charge on any atom is -0.496 e. The van der Waals surface area contributed by atoms with E-state index in [4.69, 9.17) is 4.74 Å². The van der Waals surface area contributed by atoms with Gasteiger partial charge in [-0.3, -0.25) is 0 Å². The standard InChI is InChI=1S/C19H29NO4S/c1-5-19(21)8-6-7-15-11-20(12-16(15)19)25(22,23)18-10-17(24-4)13(2)9-14(18)3/h9-10,15-16,21H,5-8,11-12H2,1-4H3/t15-,16+,19-/m1/s1. The Kier molecular flexibility index (Phi) is 4.90. The zero-order valence-corrected chi connectivity index (χ0v) is 16.4. The maximum atomic E-state index is 13.3. The minimum atomic E-state index is -3.59. The molecule has 0 bridgehead atoms. The predicted molar refractivity (Wildman–Crippen MR) is 97.3 cm³/mol. The molecule has 5 nitrogen and oxygen atoms in total. The fraction of sp³-hybridized carbons (Fsp3) is 0.684. The Labute approximate surface area is 151 Å². The Bertz CT molecular complexity index is 761. The molecule has 1 aromatic rings. The van der Waals surface area contributed by atoms with Crippen molar-refractivity contribution in [1.29, 1.82) is 0 Å². The van der Waals surface area contributed by atoms with Crippen molar-refractivity contribution < 1.29 is 18.3 Å². The van der Waals surface area contributed by atoms with Gasteiger partial charge in [0.15, 0.2) is 0 Å². The lowest BCUT2D eigenvalue weighted by atomic mass is 9.69. The number of aryl methyl sites for hydroxylation is 2. The number of hydrogen-bond acceptors (Lipinski definition) is 4. The van der Waals surface area contributed by atoms with Crippen LogP contribution in [0.2, 0.25) is 0 Å². The lowest BCUT2D eigenvalue weighted by Crippen LogP contribution is -2.44. The van der Waals surface area contributed by atoms with Gasteiger partial charge in [0, 0.05) is 25.1 Å². The Hall–Kier alpha value is -1.11. The molecule has 1 saturated heterocycles. The quantitative estimate of drug-likeness (QED) is 0.889. The van der Waals surface area contributed by atoms with Gasteiger partial charge in [-0.05, 0) is 50.2 Å². The Morgan fingerprint density at radius 2 is 2.00 bits per heavy atom. The zero-order valence-electron chi connectivity index (χ0n) is 15.6. The molecule has 6 heteroatoms. The van der Waals surface area contributed by atoms with Gasteiger partial charge < -0.3 is 9.84 Å². The van der Waals surface area contributed by atoms with Crippen molar-refractivity contribution in [3.8, 4) is 5.75 Å². The molecule has 1 heterocycles. The van der Waals surface area contributed by atoms with Crippen molar-refractivity contribution in [2.45, 2.75) is 57.0 Å². The molecule has 0 unspecified atom stereocenters. The lowest BCUT2D eigenvalue weighted by molar-refractivity contribution is -0.0605. The monoisotopic (exact) mass is 367 g/mol. The second-order valence-corrected chi connectivity index (χ2v) is 9.53. The number of methoxy groups -OCH3 is 1. The SMILES string of the molecule is CC[C@@]1(O)CCC[C@@H]2CN(S(=O)(=O)c3cc(OC)c(C)cc3C)C[C@@H]21. The highest BCUT2D eigenvalue weighted by Crippen LogP contribution is 2.45. The molecule has 1 aromatic carbocycles. The average molecular weight is 368 g/mol. The first-order chi connectivity index (χ1) is 11.7. The molecule has 0 radical (unpaired) electrons. The van der Waals surface area contributed by atoms with Crippen LogP contribution in [-0.4, -0.2) is 43.6 Å². The molecular weight excluding hydrogens is 338 g/mol. The summed E-state index contributed by atoms with van der Waals surface area (Å²) in [5.41, 5.74) is 0.932. The Morgan fingerprint density at radius 1 is 1.28 bits per heavy atom. The maximum absolute atomic E-state index is 13.3. The summed E-state index contributed by atoms with van der Waals surface area (Å²) >= 11 is 0. The number of ether oxygens (including phenoxy) is 1. The number of benzene rings is 1. The number of nitrogens with zero attached hydrogens (tertiary/aromatic N) is 1. The predicted octanol–water partition coefficient (Wildman–Crippen LogP) is 2.87. The molecule has 1 aliphatic carbocycles. The van der Waals surface area contributed by atoms with Crippen molar-refractivity contribution in [3.05, 3.63) is 23.3 Å². The molecule has 3 atom stereocenters. The van der Waals surface area contributed by atoms with E-state index in [2.05, 4.69) is 0 Å². The first-order valence-corrected chi connectivity index (χ1v) is 10.5. The van der Waals surface area contributed by atoms with Gasteiger partial charge >= 0.3 is 0 Å². The van der Waals surface area contributed by atoms with Crippen LogP contribution in [0.15, 0.2) is 17.0 Å². The number of fused-ring (bicyclic) bond motifs is 1. The smallest absolute Gasteiger partial charge is 0.243 e. The van der Waals surface area contributed by atoms with Crippen LogP contribution in [0.1, 0.15) is 43.7 Å². The molecule has 0 spiro atoms. The summed E-state index contributed by atoms with van der Waals surface area (Å²) in [6.07, 6.45) is 3.42. The van der Waals surface area contributed by atoms with E-state index in [0.717, 1.165) is 30.4 Å². The highest BCUT2D eigenvalue weighted by Gasteiger charge is 2.50. The van der Waals surface area contributed by atoms with Gasteiger partial charge in [0.2, 0.25) is 10.0 Å². The number of rotatable bonds is 4. The van der Waals surface area contributed by atoms with E-state index in [9.17, 15) is 13.5 Å². The average Bonchev–Trinajstić information content (AvgIpc) is 3.01. The molecule has 1 aliphatic heterocycles. The second-order valence-electron chi connectivity index (χ2n) is 7.63. The number of hydrogen-bond donors (Lipinski definition) is 1. The van der Waals surface area contributed by atoms with E-state index in [1.54, 1.807) is 17.5 Å². The van der Waals surface area contributed by atoms with Crippen molar-refractivity contribution in [2.24, 2.45) is 11.8 Å². The third-order valence-corrected chi connectivity index (χ3v) is 8.18. The van der Waals surface area contributed by atoms with E-state index in [1.165, 1.54) is 0 Å². The van der Waals surface area contributed by atoms with Crippen LogP contribution in [0.25, 0.3) is 0 Å². The maximum Gasteiger partial charge on any atom is 0.243 e. The van der Waals surface area contributed by atoms with Gasteiger partial charge in [-0.15, -0.1) is 0 Å². The Balaban J connectivity index is 1.95. The summed E-state index contributed by atoms with van der Waals surface area (Å²) in [5, 5.41) is 10.9. The third kappa shape index (κ3) is 3.09. The summed E-state index contributed by atoms with van der Waals surface area (Å²) in [6, 6.07) is 3.49. The van der Waals surface area contributed by atoms with Crippen molar-refractivity contribution in [1.82, 2.24) is 4.31 Å². The third-order valence-electron chi connectivity index (χ3n) is 6.20. The highest BCUT2D eigenvalue weighted by molar-refractivity contribution is 7.89. The number of sulfonamides is 1. The minimum absolute atomic E-state index is 0.0358. The van der Waals surface area contributed by atoms with Crippen LogP contribution in [0.4, 0.5) is 0 Å². The van der Waals surface area contributed by atoms with E-state index in [0.29, 0.717) is 30.2 Å². The van der Waals surface area contributed by atoms with Gasteiger partial charge in [0.25, 0.3) is 0 Å². The van der Waals surface area contributed by atoms with Crippen LogP contribution in [0, 0.1) is 25.7 Å². The highest BCUT2D eigenvalue weighted by atomic mass is 32.2. The summed E-state index contributed by atoms with van der Waals surface area (Å²) in [5.74, 6) is 0.876. The van der Waals surface area contributed by atoms with Gasteiger partial charge in [-0.25, -0.2) is 8.42 Å². The normalized spacial score (nSPS) is 30.3. The van der Waals surface area contributed by atoms with E-state index in [1.807, 2.05) is 26.8 Å². The molecule has 0 amide bonds. The van der Waals surface area contributed by atoms with Gasteiger partial charge in [-0.1, -0.05) is 19.4 Å². The Morgan fingerprint density at radius 3 is 2.64 bits per heavy atom. The largest absolute Gasteiger partial charge is 0.496 e. The van der Waals surface area contributed by atoms with E-state index < -0.39 is 15.6 Å². The van der Waals surface area contributed by atoms with Crippen LogP contribution in [0.5, 0.6) is 5.75 Å². The summed E-state index contributed by atoms with van der Waals surface area (Å²) < 4.78 is 33.4. The van der Waals surface area contributed by atoms with E-state index >= 15 is 0 Å².